The van der Waals surface area contributed by atoms with Gasteiger partial charge in [-0.05, 0) is 0 Å². The number of halogens is 3. The highest BCUT2D eigenvalue weighted by Crippen LogP contribution is 2.26. The van der Waals surface area contributed by atoms with Gasteiger partial charge >= 0.3 is 0 Å². The second-order valence-corrected chi connectivity index (χ2v) is 2.42. The Balaban J connectivity index is 3.45. The third-order valence-corrected chi connectivity index (χ3v) is 1.66. The number of hydrogen-bond acceptors (Lipinski definition) is 3. The lowest BCUT2D eigenvalue weighted by atomic mass is 10.1. The number of rotatable bonds is 2. The van der Waals surface area contributed by atoms with Crippen molar-refractivity contribution in [1.29, 1.82) is 5.26 Å². The molecule has 0 aliphatic carbocycles. The summed E-state index contributed by atoms with van der Waals surface area (Å²) >= 11 is 0. The van der Waals surface area contributed by atoms with Gasteiger partial charge in [-0.25, -0.2) is 18.2 Å². The third kappa shape index (κ3) is 1.67. The van der Waals surface area contributed by atoms with Crippen molar-refractivity contribution in [2.24, 2.45) is 0 Å². The molecule has 0 unspecified atom stereocenters. The van der Waals surface area contributed by atoms with E-state index in [-0.39, 0.29) is 5.69 Å². The molecule has 0 amide bonds. The third-order valence-electron chi connectivity index (χ3n) is 1.66. The molecule has 0 radical (unpaired) electrons. The van der Waals surface area contributed by atoms with E-state index in [1.54, 1.807) is 0 Å². The zero-order valence-corrected chi connectivity index (χ0v) is 6.84. The highest BCUT2D eigenvalue weighted by atomic mass is 19.3. The Morgan fingerprint density at radius 3 is 2.64 bits per heavy atom. The van der Waals surface area contributed by atoms with Gasteiger partial charge in [0.05, 0.1) is 18.4 Å². The monoisotopic (exact) mass is 202 g/mol. The van der Waals surface area contributed by atoms with Gasteiger partial charge in [0.15, 0.2) is 5.82 Å². The fourth-order valence-electron chi connectivity index (χ4n) is 1.03. The van der Waals surface area contributed by atoms with Crippen LogP contribution in [0, 0.1) is 17.1 Å². The van der Waals surface area contributed by atoms with Gasteiger partial charge in [0.1, 0.15) is 11.8 Å². The molecule has 1 aromatic heterocycles. The van der Waals surface area contributed by atoms with Crippen molar-refractivity contribution in [2.45, 2.75) is 13.0 Å². The van der Waals surface area contributed by atoms with Gasteiger partial charge in [0, 0.05) is 5.56 Å². The van der Waals surface area contributed by atoms with Crippen LogP contribution in [0.15, 0.2) is 6.20 Å². The minimum atomic E-state index is -3.08. The number of pyridine rings is 1. The number of aromatic nitrogens is 1. The van der Waals surface area contributed by atoms with E-state index in [0.29, 0.717) is 6.20 Å². The summed E-state index contributed by atoms with van der Waals surface area (Å²) in [6, 6.07) is 1.50. The van der Waals surface area contributed by atoms with Crippen molar-refractivity contribution in [3.8, 4) is 6.07 Å². The highest BCUT2D eigenvalue weighted by molar-refractivity contribution is 5.38. The van der Waals surface area contributed by atoms with Crippen LogP contribution in [0.25, 0.3) is 0 Å². The lowest BCUT2D eigenvalue weighted by molar-refractivity contribution is 0.141. The molecule has 0 saturated carbocycles. The molecule has 0 aliphatic heterocycles. The first-order valence-corrected chi connectivity index (χ1v) is 3.58. The molecule has 1 rings (SSSR count). The average molecular weight is 202 g/mol. The average Bonchev–Trinajstić information content (AvgIpc) is 2.16. The predicted octanol–water partition coefficient (Wildman–Crippen LogP) is 1.52. The summed E-state index contributed by atoms with van der Waals surface area (Å²) < 4.78 is 37.4. The summed E-state index contributed by atoms with van der Waals surface area (Å²) in [7, 11) is 0. The van der Waals surface area contributed by atoms with Crippen LogP contribution in [0.2, 0.25) is 0 Å². The fourth-order valence-corrected chi connectivity index (χ4v) is 1.03. The quantitative estimate of drug-likeness (QED) is 0.790. The van der Waals surface area contributed by atoms with Crippen LogP contribution in [0.1, 0.15) is 23.2 Å². The molecule has 74 valence electrons. The standard InChI is InChI=1S/C8H5F3N2O/c9-5-2-13-6(1-12)4(3-14)7(5)8(10)11/h2,8,14H,3H2. The van der Waals surface area contributed by atoms with Crippen molar-refractivity contribution < 1.29 is 18.3 Å². The maximum absolute atomic E-state index is 12.8. The number of aliphatic hydroxyl groups is 1. The van der Waals surface area contributed by atoms with Gasteiger partial charge in [0.25, 0.3) is 6.43 Å². The second kappa shape index (κ2) is 4.07. The Labute approximate surface area is 77.4 Å². The molecule has 0 spiro atoms. The van der Waals surface area contributed by atoms with Crippen LogP contribution in [0.4, 0.5) is 13.2 Å². The van der Waals surface area contributed by atoms with E-state index in [9.17, 15) is 13.2 Å². The summed E-state index contributed by atoms with van der Waals surface area (Å²) in [6.07, 6.45) is -2.54. The van der Waals surface area contributed by atoms with Crippen LogP contribution in [0.5, 0.6) is 0 Å². The minimum absolute atomic E-state index is 0.385. The lowest BCUT2D eigenvalue weighted by Gasteiger charge is -2.07. The largest absolute Gasteiger partial charge is 0.392 e. The minimum Gasteiger partial charge on any atom is -0.392 e. The molecule has 0 aromatic carbocycles. The second-order valence-electron chi connectivity index (χ2n) is 2.42. The highest BCUT2D eigenvalue weighted by Gasteiger charge is 2.21. The Kier molecular flexibility index (Phi) is 3.04. The van der Waals surface area contributed by atoms with Gasteiger partial charge in [-0.3, -0.25) is 0 Å². The van der Waals surface area contributed by atoms with E-state index in [1.165, 1.54) is 6.07 Å². The van der Waals surface area contributed by atoms with E-state index >= 15 is 0 Å². The van der Waals surface area contributed by atoms with E-state index in [4.69, 9.17) is 10.4 Å². The first-order chi connectivity index (χ1) is 6.61. The van der Waals surface area contributed by atoms with Gasteiger partial charge < -0.3 is 5.11 Å². The van der Waals surface area contributed by atoms with Gasteiger partial charge in [-0.1, -0.05) is 0 Å². The van der Waals surface area contributed by atoms with Gasteiger partial charge in [-0.2, -0.15) is 5.26 Å². The van der Waals surface area contributed by atoms with Crippen LogP contribution in [0.3, 0.4) is 0 Å². The maximum atomic E-state index is 12.8. The molecule has 3 nitrogen and oxygen atoms in total. The molecular weight excluding hydrogens is 197 g/mol. The summed E-state index contributed by atoms with van der Waals surface area (Å²) in [6.45, 7) is -0.840. The van der Waals surface area contributed by atoms with Crippen molar-refractivity contribution in [1.82, 2.24) is 4.98 Å². The number of alkyl halides is 2. The first kappa shape index (κ1) is 10.5. The molecule has 1 N–H and O–H groups in total. The van der Waals surface area contributed by atoms with Gasteiger partial charge in [-0.15, -0.1) is 0 Å². The number of nitriles is 1. The Morgan fingerprint density at radius 1 is 1.57 bits per heavy atom. The molecule has 14 heavy (non-hydrogen) atoms. The molecule has 1 heterocycles. The topological polar surface area (TPSA) is 56.9 Å². The van der Waals surface area contributed by atoms with Crippen molar-refractivity contribution in [3.05, 3.63) is 28.8 Å². The molecule has 0 saturated heterocycles. The molecule has 6 heteroatoms. The van der Waals surface area contributed by atoms with Crippen LogP contribution < -0.4 is 0 Å². The van der Waals surface area contributed by atoms with Crippen LogP contribution in [-0.4, -0.2) is 10.1 Å². The van der Waals surface area contributed by atoms with Gasteiger partial charge in [0.2, 0.25) is 0 Å². The zero-order valence-electron chi connectivity index (χ0n) is 6.84. The van der Waals surface area contributed by atoms with E-state index in [2.05, 4.69) is 4.98 Å². The Morgan fingerprint density at radius 2 is 2.21 bits per heavy atom. The Hall–Kier alpha value is -1.61. The van der Waals surface area contributed by atoms with Crippen LogP contribution >= 0.6 is 0 Å². The molecule has 0 aliphatic rings. The van der Waals surface area contributed by atoms with E-state index < -0.39 is 30.0 Å². The predicted molar refractivity (Wildman–Crippen MR) is 39.8 cm³/mol. The van der Waals surface area contributed by atoms with Crippen LogP contribution in [-0.2, 0) is 6.61 Å². The summed E-state index contributed by atoms with van der Waals surface area (Å²) in [5.74, 6) is -1.22. The van der Waals surface area contributed by atoms with Crippen molar-refractivity contribution in [3.63, 3.8) is 0 Å². The normalized spacial score (nSPS) is 10.3. The van der Waals surface area contributed by atoms with Crippen molar-refractivity contribution in [2.75, 3.05) is 0 Å². The summed E-state index contributed by atoms with van der Waals surface area (Å²) in [5.41, 5.74) is -1.80. The zero-order chi connectivity index (χ0) is 10.7. The SMILES string of the molecule is N#Cc1ncc(F)c(C(F)F)c1CO. The number of nitrogens with zero attached hydrogens (tertiary/aromatic N) is 2. The molecular formula is C8H5F3N2O. The smallest absolute Gasteiger partial charge is 0.267 e. The fraction of sp³-hybridized carbons (Fsp3) is 0.250. The summed E-state index contributed by atoms with van der Waals surface area (Å²) in [4.78, 5) is 3.28. The maximum Gasteiger partial charge on any atom is 0.267 e. The number of hydrogen-bond donors (Lipinski definition) is 1. The van der Waals surface area contributed by atoms with Crippen molar-refractivity contribution >= 4 is 0 Å². The molecule has 1 aromatic rings. The Bertz CT molecular complexity index is 387. The van der Waals surface area contributed by atoms with E-state index in [0.717, 1.165) is 0 Å². The number of aliphatic hydroxyl groups excluding tert-OH is 1. The first-order valence-electron chi connectivity index (χ1n) is 3.58. The molecule has 0 fully saturated rings. The summed E-state index contributed by atoms with van der Waals surface area (Å²) in [5, 5.41) is 17.2. The molecule has 0 atom stereocenters. The lowest BCUT2D eigenvalue weighted by Crippen LogP contribution is -2.04. The molecule has 0 bridgehead atoms. The van der Waals surface area contributed by atoms with E-state index in [1.807, 2.05) is 0 Å².